The lowest BCUT2D eigenvalue weighted by Gasteiger charge is -2.00. The zero-order chi connectivity index (χ0) is 11.6. The number of nitrogens with zero attached hydrogens (tertiary/aromatic N) is 2. The van der Waals surface area contributed by atoms with Gasteiger partial charge in [-0.05, 0) is 24.0 Å². The summed E-state index contributed by atoms with van der Waals surface area (Å²) in [6.07, 6.45) is 4.50. The van der Waals surface area contributed by atoms with E-state index in [1.54, 1.807) is 0 Å². The normalized spacial score (nSPS) is 9.00. The Morgan fingerprint density at radius 3 is 1.50 bits per heavy atom. The molecule has 82 valence electrons. The van der Waals surface area contributed by atoms with E-state index in [1.165, 1.54) is 12.2 Å². The molecule has 0 radical (unpaired) electrons. The summed E-state index contributed by atoms with van der Waals surface area (Å²) in [4.78, 5) is 26.7. The number of hydrogen-bond donors (Lipinski definition) is 0. The average Bonchev–Trinajstić information content (AvgIpc) is 2.32. The zero-order valence-electron chi connectivity index (χ0n) is 8.85. The quantitative estimate of drug-likeness (QED) is 0.533. The third-order valence-corrected chi connectivity index (χ3v) is 2.18. The lowest BCUT2D eigenvalue weighted by molar-refractivity contribution is 0.562. The molecule has 1 aromatic rings. The van der Waals surface area contributed by atoms with Gasteiger partial charge in [-0.1, -0.05) is 24.3 Å². The van der Waals surface area contributed by atoms with Crippen LogP contribution in [0.5, 0.6) is 0 Å². The molecular formula is C12H12N2O2. The second-order valence-electron chi connectivity index (χ2n) is 3.26. The summed E-state index contributed by atoms with van der Waals surface area (Å²) in [6, 6.07) is 7.95. The van der Waals surface area contributed by atoms with Gasteiger partial charge in [0.05, 0.1) is 13.1 Å². The van der Waals surface area contributed by atoms with E-state index in [4.69, 9.17) is 0 Å². The zero-order valence-corrected chi connectivity index (χ0v) is 8.85. The highest BCUT2D eigenvalue weighted by molar-refractivity contribution is 5.33. The second kappa shape index (κ2) is 7.30. The largest absolute Gasteiger partial charge is 0.234 e. The van der Waals surface area contributed by atoms with Gasteiger partial charge < -0.3 is 0 Å². The molecule has 4 nitrogen and oxygen atoms in total. The summed E-state index contributed by atoms with van der Waals surface area (Å²) in [5.41, 5.74) is 2.25. The Morgan fingerprint density at radius 1 is 0.812 bits per heavy atom. The van der Waals surface area contributed by atoms with Crippen LogP contribution in [0.25, 0.3) is 0 Å². The van der Waals surface area contributed by atoms with Crippen LogP contribution in [0, 0.1) is 0 Å². The number of carbonyl (C=O) groups excluding carboxylic acids is 2. The molecule has 0 N–H and O–H groups in total. The summed E-state index contributed by atoms with van der Waals surface area (Å²) < 4.78 is 0. The molecule has 4 heteroatoms. The minimum Gasteiger partial charge on any atom is -0.211 e. The Hall–Kier alpha value is -2.02. The summed E-state index contributed by atoms with van der Waals surface area (Å²) in [6.45, 7) is 0.941. The molecule has 0 aliphatic heterocycles. The molecule has 0 unspecified atom stereocenters. The minimum atomic E-state index is 0.471. The Morgan fingerprint density at radius 2 is 1.19 bits per heavy atom. The molecule has 0 bridgehead atoms. The Balaban J connectivity index is 2.46. The highest BCUT2D eigenvalue weighted by atomic mass is 16.1. The molecule has 0 aromatic heterocycles. The number of benzene rings is 1. The third kappa shape index (κ3) is 4.47. The highest BCUT2D eigenvalue weighted by Crippen LogP contribution is 2.06. The highest BCUT2D eigenvalue weighted by Gasteiger charge is 1.94. The van der Waals surface area contributed by atoms with E-state index in [-0.39, 0.29) is 0 Å². The van der Waals surface area contributed by atoms with E-state index in [1.807, 2.05) is 24.3 Å². The predicted molar refractivity (Wildman–Crippen MR) is 59.8 cm³/mol. The van der Waals surface area contributed by atoms with E-state index < -0.39 is 0 Å². The van der Waals surface area contributed by atoms with Crippen molar-refractivity contribution in [2.75, 3.05) is 13.1 Å². The van der Waals surface area contributed by atoms with E-state index in [9.17, 15) is 9.59 Å². The first kappa shape index (κ1) is 12.1. The van der Waals surface area contributed by atoms with Crippen molar-refractivity contribution < 1.29 is 9.59 Å². The fourth-order valence-electron chi connectivity index (χ4n) is 1.33. The van der Waals surface area contributed by atoms with Crippen molar-refractivity contribution in [1.82, 2.24) is 0 Å². The van der Waals surface area contributed by atoms with Crippen molar-refractivity contribution in [2.24, 2.45) is 9.98 Å². The van der Waals surface area contributed by atoms with Crippen LogP contribution in [0.3, 0.4) is 0 Å². The Labute approximate surface area is 93.7 Å². The van der Waals surface area contributed by atoms with Crippen molar-refractivity contribution in [2.45, 2.75) is 12.8 Å². The molecule has 0 spiro atoms. The Bertz CT molecular complexity index is 372. The van der Waals surface area contributed by atoms with Gasteiger partial charge >= 0.3 is 0 Å². The maximum atomic E-state index is 9.86. The van der Waals surface area contributed by atoms with Crippen LogP contribution in [0.1, 0.15) is 11.1 Å². The molecular weight excluding hydrogens is 204 g/mol. The summed E-state index contributed by atoms with van der Waals surface area (Å²) in [7, 11) is 0. The van der Waals surface area contributed by atoms with Gasteiger partial charge in [0, 0.05) is 0 Å². The molecule has 0 atom stereocenters. The summed E-state index contributed by atoms with van der Waals surface area (Å²) in [5, 5.41) is 0. The van der Waals surface area contributed by atoms with E-state index >= 15 is 0 Å². The van der Waals surface area contributed by atoms with Gasteiger partial charge in [-0.2, -0.15) is 0 Å². The Kier molecular flexibility index (Phi) is 5.49. The third-order valence-electron chi connectivity index (χ3n) is 2.18. The number of aliphatic imine (C=N–C) groups is 2. The maximum absolute atomic E-state index is 9.86. The summed E-state index contributed by atoms with van der Waals surface area (Å²) in [5.74, 6) is 0. The topological polar surface area (TPSA) is 58.9 Å². The molecule has 0 fully saturated rings. The first-order chi connectivity index (χ1) is 7.86. The van der Waals surface area contributed by atoms with Crippen molar-refractivity contribution in [1.29, 1.82) is 0 Å². The number of hydrogen-bond acceptors (Lipinski definition) is 4. The fourth-order valence-corrected chi connectivity index (χ4v) is 1.33. The molecule has 0 aliphatic rings. The summed E-state index contributed by atoms with van der Waals surface area (Å²) >= 11 is 0. The SMILES string of the molecule is O=C=NCCc1ccc(CCN=C=O)cc1. The first-order valence-corrected chi connectivity index (χ1v) is 5.02. The molecule has 1 rings (SSSR count). The number of rotatable bonds is 6. The fraction of sp³-hybridized carbons (Fsp3) is 0.333. The second-order valence-corrected chi connectivity index (χ2v) is 3.26. The van der Waals surface area contributed by atoms with E-state index in [2.05, 4.69) is 9.98 Å². The van der Waals surface area contributed by atoms with Crippen LogP contribution >= 0.6 is 0 Å². The lowest BCUT2D eigenvalue weighted by atomic mass is 10.1. The standard InChI is InChI=1S/C12H12N2O2/c15-9-13-7-5-11-1-2-12(4-3-11)6-8-14-10-16/h1-4H,5-8H2. The van der Waals surface area contributed by atoms with Crippen molar-refractivity contribution in [3.05, 3.63) is 35.4 Å². The van der Waals surface area contributed by atoms with Crippen LogP contribution in [0.2, 0.25) is 0 Å². The first-order valence-electron chi connectivity index (χ1n) is 5.02. The van der Waals surface area contributed by atoms with Gasteiger partial charge in [-0.15, -0.1) is 0 Å². The van der Waals surface area contributed by atoms with E-state index in [0.717, 1.165) is 24.0 Å². The van der Waals surface area contributed by atoms with Gasteiger partial charge in [0.25, 0.3) is 0 Å². The molecule has 16 heavy (non-hydrogen) atoms. The van der Waals surface area contributed by atoms with Crippen LogP contribution in [0.15, 0.2) is 34.3 Å². The van der Waals surface area contributed by atoms with Gasteiger partial charge in [0.15, 0.2) is 0 Å². The average molecular weight is 216 g/mol. The predicted octanol–water partition coefficient (Wildman–Crippen LogP) is 1.44. The van der Waals surface area contributed by atoms with Crippen molar-refractivity contribution in [3.8, 4) is 0 Å². The minimum absolute atomic E-state index is 0.471. The number of isocyanates is 2. The van der Waals surface area contributed by atoms with Crippen molar-refractivity contribution >= 4 is 12.2 Å². The molecule has 0 aliphatic carbocycles. The van der Waals surface area contributed by atoms with Crippen LogP contribution in [-0.4, -0.2) is 25.2 Å². The smallest absolute Gasteiger partial charge is 0.211 e. The monoisotopic (exact) mass is 216 g/mol. The molecule has 0 saturated heterocycles. The molecule has 1 aromatic carbocycles. The van der Waals surface area contributed by atoms with Gasteiger partial charge in [0.2, 0.25) is 12.2 Å². The molecule has 0 saturated carbocycles. The maximum Gasteiger partial charge on any atom is 0.234 e. The van der Waals surface area contributed by atoms with Gasteiger partial charge in [0.1, 0.15) is 0 Å². The van der Waals surface area contributed by atoms with E-state index in [0.29, 0.717) is 13.1 Å². The van der Waals surface area contributed by atoms with Gasteiger partial charge in [-0.25, -0.2) is 19.6 Å². The van der Waals surface area contributed by atoms with Crippen LogP contribution in [-0.2, 0) is 22.4 Å². The van der Waals surface area contributed by atoms with Gasteiger partial charge in [-0.3, -0.25) is 0 Å². The molecule has 0 heterocycles. The van der Waals surface area contributed by atoms with Crippen LogP contribution in [0.4, 0.5) is 0 Å². The molecule has 0 amide bonds. The van der Waals surface area contributed by atoms with Crippen molar-refractivity contribution in [3.63, 3.8) is 0 Å². The lowest BCUT2D eigenvalue weighted by Crippen LogP contribution is -1.92. The van der Waals surface area contributed by atoms with Crippen LogP contribution < -0.4 is 0 Å².